The summed E-state index contributed by atoms with van der Waals surface area (Å²) in [5.74, 6) is -2.55. The molecule has 3 N–H and O–H groups in total. The molecule has 0 aliphatic rings. The number of hydrogen-bond donors (Lipinski definition) is 3. The van der Waals surface area contributed by atoms with Crippen molar-refractivity contribution in [2.45, 2.75) is 25.9 Å². The van der Waals surface area contributed by atoms with Crippen molar-refractivity contribution in [3.05, 3.63) is 39.9 Å². The van der Waals surface area contributed by atoms with Gasteiger partial charge in [-0.1, -0.05) is 6.07 Å². The molecule has 118 valence electrons. The summed E-state index contributed by atoms with van der Waals surface area (Å²) in [4.78, 5) is 44.3. The third kappa shape index (κ3) is 4.54. The maximum absolute atomic E-state index is 11.9. The molecule has 0 aliphatic heterocycles. The zero-order chi connectivity index (χ0) is 16.9. The molecule has 0 saturated heterocycles. The van der Waals surface area contributed by atoms with Gasteiger partial charge in [0.15, 0.2) is 0 Å². The minimum absolute atomic E-state index is 0.0279. The predicted octanol–water partition coefficient (Wildman–Crippen LogP) is 0.302. The van der Waals surface area contributed by atoms with Crippen molar-refractivity contribution >= 4 is 23.5 Å². The number of carbonyl (C=O) groups is 3. The maximum Gasteiger partial charge on any atom is 0.325 e. The Hall–Kier alpha value is -2.97. The van der Waals surface area contributed by atoms with E-state index in [-0.39, 0.29) is 11.3 Å². The molecule has 0 saturated carbocycles. The number of nitro benzene ring substituents is 1. The molecule has 0 aromatic heterocycles. The number of amides is 2. The number of non-ortho nitro benzene ring substituents is 1. The lowest BCUT2D eigenvalue weighted by atomic mass is 10.1. The Balaban J connectivity index is 2.71. The molecule has 0 aliphatic carbocycles. The summed E-state index contributed by atoms with van der Waals surface area (Å²) in [6.45, 7) is 2.66. The molecule has 1 aromatic carbocycles. The lowest BCUT2D eigenvalue weighted by molar-refractivity contribution is -0.384. The van der Waals surface area contributed by atoms with E-state index in [4.69, 9.17) is 5.11 Å². The summed E-state index contributed by atoms with van der Waals surface area (Å²) in [6.07, 6.45) is 0. The van der Waals surface area contributed by atoms with E-state index in [0.717, 1.165) is 6.07 Å². The van der Waals surface area contributed by atoms with Crippen molar-refractivity contribution in [1.29, 1.82) is 0 Å². The first-order chi connectivity index (χ1) is 10.2. The molecule has 1 rings (SSSR count). The molecular formula is C13H15N3O6. The van der Waals surface area contributed by atoms with Gasteiger partial charge in [0, 0.05) is 17.7 Å². The van der Waals surface area contributed by atoms with Crippen LogP contribution in [-0.4, -0.2) is 39.9 Å². The van der Waals surface area contributed by atoms with Gasteiger partial charge in [-0.2, -0.15) is 0 Å². The molecule has 9 nitrogen and oxygen atoms in total. The topological polar surface area (TPSA) is 139 Å². The number of nitrogens with zero attached hydrogens (tertiary/aromatic N) is 1. The van der Waals surface area contributed by atoms with Crippen molar-refractivity contribution in [2.24, 2.45) is 0 Å². The van der Waals surface area contributed by atoms with Gasteiger partial charge in [-0.15, -0.1) is 0 Å². The lowest BCUT2D eigenvalue weighted by Gasteiger charge is -2.16. The fraction of sp³-hybridized carbons (Fsp3) is 0.308. The van der Waals surface area contributed by atoms with E-state index >= 15 is 0 Å². The van der Waals surface area contributed by atoms with Crippen molar-refractivity contribution < 1.29 is 24.4 Å². The monoisotopic (exact) mass is 309 g/mol. The maximum atomic E-state index is 11.9. The SMILES string of the molecule is CC(NC(=O)c1cccc([N+](=O)[O-])c1)C(=O)N[C@@H](C)C(=O)O. The Morgan fingerprint density at radius 1 is 1.18 bits per heavy atom. The van der Waals surface area contributed by atoms with Gasteiger partial charge in [0.25, 0.3) is 11.6 Å². The minimum atomic E-state index is -1.20. The van der Waals surface area contributed by atoms with Crippen molar-refractivity contribution in [1.82, 2.24) is 10.6 Å². The Labute approximate surface area is 125 Å². The molecule has 2 atom stereocenters. The number of nitro groups is 1. The van der Waals surface area contributed by atoms with E-state index in [9.17, 15) is 24.5 Å². The van der Waals surface area contributed by atoms with E-state index in [2.05, 4.69) is 10.6 Å². The van der Waals surface area contributed by atoms with Crippen molar-refractivity contribution in [3.63, 3.8) is 0 Å². The van der Waals surface area contributed by atoms with Crippen molar-refractivity contribution in [3.8, 4) is 0 Å². The van der Waals surface area contributed by atoms with Crippen LogP contribution in [0.1, 0.15) is 24.2 Å². The van der Waals surface area contributed by atoms with Crippen LogP contribution in [0.3, 0.4) is 0 Å². The summed E-state index contributed by atoms with van der Waals surface area (Å²) in [6, 6.07) is 2.96. The van der Waals surface area contributed by atoms with E-state index < -0.39 is 34.8 Å². The number of aliphatic carboxylic acids is 1. The largest absolute Gasteiger partial charge is 0.480 e. The Morgan fingerprint density at radius 3 is 2.36 bits per heavy atom. The predicted molar refractivity (Wildman–Crippen MR) is 75.3 cm³/mol. The normalized spacial score (nSPS) is 12.8. The van der Waals surface area contributed by atoms with Gasteiger partial charge in [0.1, 0.15) is 12.1 Å². The first kappa shape index (κ1) is 17.1. The number of hydrogen-bond acceptors (Lipinski definition) is 5. The van der Waals surface area contributed by atoms with E-state index in [1.807, 2.05) is 0 Å². The van der Waals surface area contributed by atoms with Crippen molar-refractivity contribution in [2.75, 3.05) is 0 Å². The molecular weight excluding hydrogens is 294 g/mol. The third-order valence-corrected chi connectivity index (χ3v) is 2.79. The zero-order valence-corrected chi connectivity index (χ0v) is 11.9. The van der Waals surface area contributed by atoms with Gasteiger partial charge in [0.05, 0.1) is 4.92 Å². The molecule has 2 amide bonds. The van der Waals surface area contributed by atoms with Gasteiger partial charge in [-0.3, -0.25) is 24.5 Å². The quantitative estimate of drug-likeness (QED) is 0.510. The summed E-state index contributed by atoms with van der Waals surface area (Å²) < 4.78 is 0. The molecule has 0 fully saturated rings. The standard InChI is InChI=1S/C13H15N3O6/c1-7(11(17)15-8(2)13(19)20)14-12(18)9-4-3-5-10(6-9)16(21)22/h3-8H,1-2H3,(H,14,18)(H,15,17)(H,19,20)/t7?,8-/m0/s1. The fourth-order valence-electron chi connectivity index (χ4n) is 1.51. The van der Waals surface area contributed by atoms with Gasteiger partial charge in [-0.25, -0.2) is 0 Å². The fourth-order valence-corrected chi connectivity index (χ4v) is 1.51. The second kappa shape index (κ2) is 7.16. The van der Waals surface area contributed by atoms with Gasteiger partial charge in [0.2, 0.25) is 5.91 Å². The molecule has 1 unspecified atom stereocenters. The van der Waals surface area contributed by atoms with Crippen LogP contribution in [0.2, 0.25) is 0 Å². The molecule has 0 heterocycles. The molecule has 22 heavy (non-hydrogen) atoms. The summed E-state index contributed by atoms with van der Waals surface area (Å²) in [5.41, 5.74) is -0.218. The number of carboxylic acids is 1. The number of carboxylic acid groups (broad SMARTS) is 1. The number of carbonyl (C=O) groups excluding carboxylic acids is 2. The van der Waals surface area contributed by atoms with E-state index in [0.29, 0.717) is 0 Å². The highest BCUT2D eigenvalue weighted by molar-refractivity contribution is 5.98. The smallest absolute Gasteiger partial charge is 0.325 e. The molecule has 0 bridgehead atoms. The summed E-state index contributed by atoms with van der Waals surface area (Å²) in [5, 5.41) is 23.9. The van der Waals surface area contributed by atoms with Crippen LogP contribution in [0, 0.1) is 10.1 Å². The van der Waals surface area contributed by atoms with Crippen LogP contribution in [0.15, 0.2) is 24.3 Å². The van der Waals surface area contributed by atoms with Crippen LogP contribution in [0.4, 0.5) is 5.69 Å². The summed E-state index contributed by atoms with van der Waals surface area (Å²) in [7, 11) is 0. The Bertz CT molecular complexity index is 616. The number of rotatable bonds is 6. The molecule has 0 radical (unpaired) electrons. The van der Waals surface area contributed by atoms with E-state index in [1.54, 1.807) is 0 Å². The zero-order valence-electron chi connectivity index (χ0n) is 11.9. The Kier molecular flexibility index (Phi) is 5.56. The van der Waals surface area contributed by atoms with Crippen LogP contribution in [-0.2, 0) is 9.59 Å². The minimum Gasteiger partial charge on any atom is -0.480 e. The highest BCUT2D eigenvalue weighted by Crippen LogP contribution is 2.13. The highest BCUT2D eigenvalue weighted by Gasteiger charge is 2.21. The number of nitrogens with one attached hydrogen (secondary N) is 2. The highest BCUT2D eigenvalue weighted by atomic mass is 16.6. The lowest BCUT2D eigenvalue weighted by Crippen LogP contribution is -2.49. The first-order valence-electron chi connectivity index (χ1n) is 6.31. The first-order valence-corrected chi connectivity index (χ1v) is 6.31. The molecule has 9 heteroatoms. The van der Waals surface area contributed by atoms with Gasteiger partial charge >= 0.3 is 5.97 Å². The van der Waals surface area contributed by atoms with Gasteiger partial charge < -0.3 is 15.7 Å². The second-order valence-corrected chi connectivity index (χ2v) is 4.57. The van der Waals surface area contributed by atoms with Crippen LogP contribution < -0.4 is 10.6 Å². The van der Waals surface area contributed by atoms with Crippen LogP contribution >= 0.6 is 0 Å². The Morgan fingerprint density at radius 2 is 1.82 bits per heavy atom. The average molecular weight is 309 g/mol. The molecule has 1 aromatic rings. The molecule has 0 spiro atoms. The van der Waals surface area contributed by atoms with Crippen LogP contribution in [0.5, 0.6) is 0 Å². The van der Waals surface area contributed by atoms with Crippen LogP contribution in [0.25, 0.3) is 0 Å². The third-order valence-electron chi connectivity index (χ3n) is 2.79. The number of benzene rings is 1. The second-order valence-electron chi connectivity index (χ2n) is 4.57. The van der Waals surface area contributed by atoms with Gasteiger partial charge in [-0.05, 0) is 19.9 Å². The summed E-state index contributed by atoms with van der Waals surface area (Å²) >= 11 is 0. The average Bonchev–Trinajstić information content (AvgIpc) is 2.46. The van der Waals surface area contributed by atoms with E-state index in [1.165, 1.54) is 32.0 Å².